The van der Waals surface area contributed by atoms with E-state index in [1.165, 1.54) is 23.3 Å². The molecule has 27 heavy (non-hydrogen) atoms. The Labute approximate surface area is 160 Å². The smallest absolute Gasteiger partial charge is 0.269 e. The van der Waals surface area contributed by atoms with E-state index in [4.69, 9.17) is 4.74 Å². The molecule has 0 amide bonds. The van der Waals surface area contributed by atoms with Crippen LogP contribution in [0.5, 0.6) is 5.75 Å². The van der Waals surface area contributed by atoms with Crippen molar-refractivity contribution in [1.29, 1.82) is 0 Å². The van der Waals surface area contributed by atoms with Crippen molar-refractivity contribution >= 4 is 11.5 Å². The first-order chi connectivity index (χ1) is 12.6. The van der Waals surface area contributed by atoms with Gasteiger partial charge in [-0.3, -0.25) is 14.9 Å². The maximum Gasteiger partial charge on any atom is 0.269 e. The maximum absolute atomic E-state index is 11.4. The highest BCUT2D eigenvalue weighted by Crippen LogP contribution is 2.41. The Bertz CT molecular complexity index is 813. The zero-order chi connectivity index (χ0) is 20.2. The van der Waals surface area contributed by atoms with Crippen LogP contribution < -0.4 is 4.74 Å². The van der Waals surface area contributed by atoms with Gasteiger partial charge in [-0.1, -0.05) is 23.8 Å². The van der Waals surface area contributed by atoms with Crippen molar-refractivity contribution < 1.29 is 14.5 Å². The molecule has 144 valence electrons. The first-order valence-corrected chi connectivity index (χ1v) is 9.11. The number of hydrogen-bond acceptors (Lipinski definition) is 4. The van der Waals surface area contributed by atoms with Gasteiger partial charge in [0, 0.05) is 18.1 Å². The van der Waals surface area contributed by atoms with Crippen molar-refractivity contribution in [1.82, 2.24) is 0 Å². The number of non-ortho nitro benzene ring substituents is 1. The molecule has 2 rings (SSSR count). The average molecular weight is 369 g/mol. The molecule has 5 nitrogen and oxygen atoms in total. The summed E-state index contributed by atoms with van der Waals surface area (Å²) in [5.41, 5.74) is 2.86. The molecule has 1 aliphatic rings. The quantitative estimate of drug-likeness (QED) is 0.273. The lowest BCUT2D eigenvalue weighted by Gasteiger charge is -2.34. The average Bonchev–Trinajstić information content (AvgIpc) is 2.96. The molecular weight excluding hydrogens is 342 g/mol. The molecule has 1 aromatic rings. The highest BCUT2D eigenvalue weighted by molar-refractivity contribution is 5.92. The van der Waals surface area contributed by atoms with E-state index in [2.05, 4.69) is 13.0 Å². The number of carbonyl (C=O) groups is 1. The van der Waals surface area contributed by atoms with Gasteiger partial charge < -0.3 is 4.74 Å². The third kappa shape index (κ3) is 5.16. The van der Waals surface area contributed by atoms with Gasteiger partial charge in [-0.2, -0.15) is 0 Å². The Kier molecular flexibility index (Phi) is 6.37. The van der Waals surface area contributed by atoms with Gasteiger partial charge in [0.1, 0.15) is 11.4 Å². The van der Waals surface area contributed by atoms with Crippen molar-refractivity contribution in [2.45, 2.75) is 53.1 Å². The van der Waals surface area contributed by atoms with Gasteiger partial charge in [0.05, 0.1) is 4.92 Å². The second kappa shape index (κ2) is 8.33. The highest BCUT2D eigenvalue weighted by Gasteiger charge is 2.37. The van der Waals surface area contributed by atoms with Gasteiger partial charge >= 0.3 is 0 Å². The van der Waals surface area contributed by atoms with Gasteiger partial charge in [-0.05, 0) is 70.7 Å². The van der Waals surface area contributed by atoms with E-state index >= 15 is 0 Å². The minimum absolute atomic E-state index is 0.0491. The Morgan fingerprint density at radius 3 is 2.44 bits per heavy atom. The highest BCUT2D eigenvalue weighted by atomic mass is 16.6. The lowest BCUT2D eigenvalue weighted by molar-refractivity contribution is -0.384. The van der Waals surface area contributed by atoms with E-state index in [1.807, 2.05) is 32.9 Å². The van der Waals surface area contributed by atoms with Crippen LogP contribution in [0.1, 0.15) is 47.5 Å². The summed E-state index contributed by atoms with van der Waals surface area (Å²) in [7, 11) is 0. The van der Waals surface area contributed by atoms with Gasteiger partial charge in [-0.25, -0.2) is 0 Å². The monoisotopic (exact) mass is 369 g/mol. The summed E-state index contributed by atoms with van der Waals surface area (Å²) in [5.74, 6) is 0.885. The largest absolute Gasteiger partial charge is 0.487 e. The number of nitro groups is 1. The first kappa shape index (κ1) is 20.6. The van der Waals surface area contributed by atoms with Crippen LogP contribution in [0.25, 0.3) is 0 Å². The first-order valence-electron chi connectivity index (χ1n) is 9.11. The van der Waals surface area contributed by atoms with Crippen molar-refractivity contribution in [2.24, 2.45) is 5.92 Å². The fourth-order valence-electron chi connectivity index (χ4n) is 3.36. The number of carbonyl (C=O) groups excluding carboxylic acids is 1. The number of benzene rings is 1. The van der Waals surface area contributed by atoms with Gasteiger partial charge in [-0.15, -0.1) is 0 Å². The molecule has 0 aromatic heterocycles. The summed E-state index contributed by atoms with van der Waals surface area (Å²) in [6.07, 6.45) is 7.83. The van der Waals surface area contributed by atoms with Crippen molar-refractivity contribution in [3.8, 4) is 5.75 Å². The molecule has 0 radical (unpaired) electrons. The molecule has 0 saturated heterocycles. The van der Waals surface area contributed by atoms with E-state index in [9.17, 15) is 14.9 Å². The summed E-state index contributed by atoms with van der Waals surface area (Å²) >= 11 is 0. The van der Waals surface area contributed by atoms with Gasteiger partial charge in [0.2, 0.25) is 0 Å². The number of ether oxygens (including phenoxy) is 1. The molecule has 0 heterocycles. The predicted molar refractivity (Wildman–Crippen MR) is 107 cm³/mol. The molecule has 0 bridgehead atoms. The van der Waals surface area contributed by atoms with E-state index in [0.29, 0.717) is 5.75 Å². The van der Waals surface area contributed by atoms with Crippen molar-refractivity contribution in [3.63, 3.8) is 0 Å². The Hall–Kier alpha value is -2.69. The van der Waals surface area contributed by atoms with Crippen LogP contribution in [0.2, 0.25) is 0 Å². The topological polar surface area (TPSA) is 69.4 Å². The minimum Gasteiger partial charge on any atom is -0.487 e. The number of hydrogen-bond donors (Lipinski definition) is 0. The van der Waals surface area contributed by atoms with Crippen LogP contribution in [0.4, 0.5) is 5.69 Å². The fourth-order valence-corrected chi connectivity index (χ4v) is 3.36. The SMILES string of the molecule is CC(=O)/C(C)=C\C=C/C1=C(C)CCC1C(C)(C)Oc1ccc([N+](=O)[O-])cc1. The van der Waals surface area contributed by atoms with Crippen LogP contribution in [0.3, 0.4) is 0 Å². The molecule has 0 spiro atoms. The van der Waals surface area contributed by atoms with Crippen LogP contribution in [0, 0.1) is 16.0 Å². The fraction of sp³-hybridized carbons (Fsp3) is 0.409. The third-order valence-electron chi connectivity index (χ3n) is 5.12. The minimum atomic E-state index is -0.465. The van der Waals surface area contributed by atoms with E-state index in [0.717, 1.165) is 18.4 Å². The number of allylic oxidation sites excluding steroid dienone is 5. The molecule has 1 aliphatic carbocycles. The predicted octanol–water partition coefficient (Wildman–Crippen LogP) is 5.57. The van der Waals surface area contributed by atoms with Crippen molar-refractivity contribution in [2.75, 3.05) is 0 Å². The summed E-state index contributed by atoms with van der Waals surface area (Å²) in [6, 6.07) is 6.19. The molecule has 1 atom stereocenters. The number of Topliss-reactive ketones (excluding diaryl/α,β-unsaturated/α-hetero) is 1. The lowest BCUT2D eigenvalue weighted by atomic mass is 9.84. The summed E-state index contributed by atoms with van der Waals surface area (Å²) in [6.45, 7) is 9.58. The number of ketones is 1. The Morgan fingerprint density at radius 1 is 1.26 bits per heavy atom. The van der Waals surface area contributed by atoms with E-state index < -0.39 is 10.5 Å². The van der Waals surface area contributed by atoms with Crippen molar-refractivity contribution in [3.05, 3.63) is 69.3 Å². The molecule has 0 saturated carbocycles. The Morgan fingerprint density at radius 2 is 1.89 bits per heavy atom. The summed E-state index contributed by atoms with van der Waals surface area (Å²) < 4.78 is 6.20. The summed E-state index contributed by atoms with van der Waals surface area (Å²) in [4.78, 5) is 21.7. The van der Waals surface area contributed by atoms with Crippen LogP contribution in [0.15, 0.2) is 59.2 Å². The molecule has 1 unspecified atom stereocenters. The zero-order valence-electron chi connectivity index (χ0n) is 16.6. The van der Waals surface area contributed by atoms with E-state index in [-0.39, 0.29) is 17.4 Å². The van der Waals surface area contributed by atoms with Crippen LogP contribution >= 0.6 is 0 Å². The summed E-state index contributed by atoms with van der Waals surface area (Å²) in [5, 5.41) is 10.8. The number of nitro benzene ring substituents is 1. The molecule has 0 fully saturated rings. The molecular formula is C22H27NO4. The number of nitrogens with zero attached hydrogens (tertiary/aromatic N) is 1. The molecule has 0 N–H and O–H groups in total. The second-order valence-electron chi connectivity index (χ2n) is 7.55. The number of rotatable bonds is 7. The standard InChI is InChI=1S/C22H27NO4/c1-15(17(3)24)7-6-8-20-16(2)9-14-21(20)22(4,5)27-19-12-10-18(11-13-19)23(25)26/h6-8,10-13,21H,9,14H2,1-5H3/b8-6-,15-7-. The Balaban J connectivity index is 2.18. The van der Waals surface area contributed by atoms with Gasteiger partial charge in [0.15, 0.2) is 5.78 Å². The van der Waals surface area contributed by atoms with Gasteiger partial charge in [0.25, 0.3) is 5.69 Å². The maximum atomic E-state index is 11.4. The van der Waals surface area contributed by atoms with E-state index in [1.54, 1.807) is 19.1 Å². The molecule has 1 aromatic carbocycles. The van der Waals surface area contributed by atoms with Crippen LogP contribution in [-0.4, -0.2) is 16.3 Å². The van der Waals surface area contributed by atoms with Crippen LogP contribution in [-0.2, 0) is 4.79 Å². The molecule has 5 heteroatoms. The third-order valence-corrected chi connectivity index (χ3v) is 5.12. The lowest BCUT2D eigenvalue weighted by Crippen LogP contribution is -2.37. The zero-order valence-corrected chi connectivity index (χ0v) is 16.6. The normalized spacial score (nSPS) is 18.3. The second-order valence-corrected chi connectivity index (χ2v) is 7.55. The molecule has 0 aliphatic heterocycles.